The highest BCUT2D eigenvalue weighted by molar-refractivity contribution is 5.02. The molecule has 0 bridgehead atoms. The van der Waals surface area contributed by atoms with Crippen molar-refractivity contribution in [2.75, 3.05) is 0 Å². The van der Waals surface area contributed by atoms with Gasteiger partial charge in [-0.25, -0.2) is 8.78 Å². The first-order valence-corrected chi connectivity index (χ1v) is 4.03. The van der Waals surface area contributed by atoms with Crippen molar-refractivity contribution in [1.29, 1.82) is 0 Å². The fourth-order valence-electron chi connectivity index (χ4n) is 0.850. The fraction of sp³-hybridized carbons (Fsp3) is 0.625. The van der Waals surface area contributed by atoms with Crippen LogP contribution in [0, 0.1) is 6.92 Å². The normalized spacial score (nSPS) is 13.6. The Morgan fingerprint density at radius 3 is 2.77 bits per heavy atom. The van der Waals surface area contributed by atoms with Gasteiger partial charge in [0, 0.05) is 6.07 Å². The molecular formula is C8H12F2N2O. The minimum Gasteiger partial charge on any atom is -0.360 e. The Morgan fingerprint density at radius 2 is 2.31 bits per heavy atom. The molecule has 0 radical (unpaired) electrons. The Balaban J connectivity index is 2.35. The lowest BCUT2D eigenvalue weighted by Gasteiger charge is -2.10. The molecule has 0 spiro atoms. The first kappa shape index (κ1) is 10.1. The van der Waals surface area contributed by atoms with Gasteiger partial charge in [-0.15, -0.1) is 0 Å². The second kappa shape index (κ2) is 4.32. The van der Waals surface area contributed by atoms with Crippen LogP contribution in [0.25, 0.3) is 0 Å². The van der Waals surface area contributed by atoms with Gasteiger partial charge >= 0.3 is 0 Å². The van der Waals surface area contributed by atoms with Gasteiger partial charge in [-0.05, 0) is 13.8 Å². The molecule has 1 atom stereocenters. The van der Waals surface area contributed by atoms with E-state index in [9.17, 15) is 8.78 Å². The van der Waals surface area contributed by atoms with Crippen LogP contribution in [0.1, 0.15) is 18.4 Å². The van der Waals surface area contributed by atoms with Gasteiger partial charge in [0.15, 0.2) is 5.76 Å². The van der Waals surface area contributed by atoms with E-state index in [2.05, 4.69) is 10.5 Å². The maximum atomic E-state index is 12.0. The standard InChI is InChI=1S/C8H12F2N2O/c1-5-3-7(13-12-5)4-11-6(2)8(9)10/h3,6,8,11H,4H2,1-2H3. The van der Waals surface area contributed by atoms with Gasteiger partial charge in [0.2, 0.25) is 0 Å². The van der Waals surface area contributed by atoms with Crippen LogP contribution < -0.4 is 5.32 Å². The molecule has 1 aromatic heterocycles. The van der Waals surface area contributed by atoms with Crippen molar-refractivity contribution < 1.29 is 13.3 Å². The molecule has 1 rings (SSSR count). The van der Waals surface area contributed by atoms with Crippen molar-refractivity contribution >= 4 is 0 Å². The lowest BCUT2D eigenvalue weighted by Crippen LogP contribution is -2.31. The Bertz CT molecular complexity index is 262. The molecule has 0 amide bonds. The van der Waals surface area contributed by atoms with Crippen molar-refractivity contribution in [3.8, 4) is 0 Å². The van der Waals surface area contributed by atoms with E-state index < -0.39 is 12.5 Å². The monoisotopic (exact) mass is 190 g/mol. The fourth-order valence-corrected chi connectivity index (χ4v) is 0.850. The number of hydrogen-bond donors (Lipinski definition) is 1. The molecule has 0 saturated heterocycles. The van der Waals surface area contributed by atoms with Gasteiger partial charge in [-0.3, -0.25) is 0 Å². The van der Waals surface area contributed by atoms with Crippen LogP contribution in [0.5, 0.6) is 0 Å². The van der Waals surface area contributed by atoms with Crippen molar-refractivity contribution in [3.63, 3.8) is 0 Å². The Morgan fingerprint density at radius 1 is 1.62 bits per heavy atom. The summed E-state index contributed by atoms with van der Waals surface area (Å²) < 4.78 is 28.9. The number of rotatable bonds is 4. The zero-order valence-corrected chi connectivity index (χ0v) is 7.55. The Hall–Kier alpha value is -0.970. The van der Waals surface area contributed by atoms with Gasteiger partial charge in [0.25, 0.3) is 6.43 Å². The summed E-state index contributed by atoms with van der Waals surface area (Å²) in [5.41, 5.74) is 0.751. The van der Waals surface area contributed by atoms with Crippen LogP contribution in [-0.2, 0) is 6.54 Å². The van der Waals surface area contributed by atoms with Crippen LogP contribution in [0.3, 0.4) is 0 Å². The number of halogens is 2. The van der Waals surface area contributed by atoms with Crippen LogP contribution in [0.4, 0.5) is 8.78 Å². The van der Waals surface area contributed by atoms with Crippen LogP contribution in [-0.4, -0.2) is 17.6 Å². The third kappa shape index (κ3) is 3.10. The first-order chi connectivity index (χ1) is 6.09. The van der Waals surface area contributed by atoms with Gasteiger partial charge in [0.1, 0.15) is 0 Å². The summed E-state index contributed by atoms with van der Waals surface area (Å²) in [6.45, 7) is 3.49. The predicted molar refractivity (Wildman–Crippen MR) is 43.5 cm³/mol. The summed E-state index contributed by atoms with van der Waals surface area (Å²) >= 11 is 0. The molecule has 0 aliphatic rings. The van der Waals surface area contributed by atoms with E-state index in [0.717, 1.165) is 5.69 Å². The average Bonchev–Trinajstić information content (AvgIpc) is 2.47. The summed E-state index contributed by atoms with van der Waals surface area (Å²) in [5, 5.41) is 6.26. The SMILES string of the molecule is Cc1cc(CNC(C)C(F)F)on1. The molecule has 1 unspecified atom stereocenters. The Kier molecular flexibility index (Phi) is 3.36. The quantitative estimate of drug-likeness (QED) is 0.785. The molecule has 0 aliphatic carbocycles. The molecule has 0 saturated carbocycles. The minimum atomic E-state index is -2.36. The van der Waals surface area contributed by atoms with Gasteiger partial charge in [0.05, 0.1) is 18.3 Å². The lowest BCUT2D eigenvalue weighted by atomic mass is 10.3. The van der Waals surface area contributed by atoms with E-state index in [1.807, 2.05) is 0 Å². The maximum absolute atomic E-state index is 12.0. The number of aromatic nitrogens is 1. The molecule has 1 N–H and O–H groups in total. The number of alkyl halides is 2. The molecule has 0 aliphatic heterocycles. The molecular weight excluding hydrogens is 178 g/mol. The van der Waals surface area contributed by atoms with Crippen molar-refractivity contribution in [1.82, 2.24) is 10.5 Å². The number of nitrogens with zero attached hydrogens (tertiary/aromatic N) is 1. The van der Waals surface area contributed by atoms with Gasteiger partial charge < -0.3 is 9.84 Å². The number of hydrogen-bond acceptors (Lipinski definition) is 3. The first-order valence-electron chi connectivity index (χ1n) is 4.03. The molecule has 13 heavy (non-hydrogen) atoms. The summed E-state index contributed by atoms with van der Waals surface area (Å²) in [6, 6.07) is 0.885. The average molecular weight is 190 g/mol. The number of aryl methyl sites for hydroxylation is 1. The van der Waals surface area contributed by atoms with E-state index in [1.165, 1.54) is 6.92 Å². The summed E-state index contributed by atoms with van der Waals surface area (Å²) in [6.07, 6.45) is -2.36. The van der Waals surface area contributed by atoms with Crippen molar-refractivity contribution in [2.24, 2.45) is 0 Å². The zero-order valence-electron chi connectivity index (χ0n) is 7.55. The highest BCUT2D eigenvalue weighted by Gasteiger charge is 2.14. The Labute approximate surface area is 75.1 Å². The van der Waals surface area contributed by atoms with Crippen LogP contribution in [0.15, 0.2) is 10.6 Å². The minimum absolute atomic E-state index is 0.284. The lowest BCUT2D eigenvalue weighted by molar-refractivity contribution is 0.104. The molecule has 74 valence electrons. The second-order valence-electron chi connectivity index (χ2n) is 2.94. The molecule has 1 heterocycles. The van der Waals surface area contributed by atoms with Crippen LogP contribution in [0.2, 0.25) is 0 Å². The second-order valence-corrected chi connectivity index (χ2v) is 2.94. The van der Waals surface area contributed by atoms with Gasteiger partial charge in [-0.2, -0.15) is 0 Å². The van der Waals surface area contributed by atoms with Crippen molar-refractivity contribution in [3.05, 3.63) is 17.5 Å². The molecule has 0 aromatic carbocycles. The maximum Gasteiger partial charge on any atom is 0.253 e. The van der Waals surface area contributed by atoms with E-state index in [1.54, 1.807) is 13.0 Å². The molecule has 3 nitrogen and oxygen atoms in total. The number of nitrogens with one attached hydrogen (secondary N) is 1. The van der Waals surface area contributed by atoms with E-state index in [4.69, 9.17) is 4.52 Å². The van der Waals surface area contributed by atoms with Crippen molar-refractivity contribution in [2.45, 2.75) is 32.9 Å². The van der Waals surface area contributed by atoms with Crippen LogP contribution >= 0.6 is 0 Å². The molecule has 1 aromatic rings. The molecule has 5 heteroatoms. The highest BCUT2D eigenvalue weighted by atomic mass is 19.3. The third-order valence-electron chi connectivity index (χ3n) is 1.65. The largest absolute Gasteiger partial charge is 0.360 e. The summed E-state index contributed by atoms with van der Waals surface area (Å²) in [4.78, 5) is 0. The highest BCUT2D eigenvalue weighted by Crippen LogP contribution is 2.04. The van der Waals surface area contributed by atoms with E-state index >= 15 is 0 Å². The summed E-state index contributed by atoms with van der Waals surface area (Å²) in [5.74, 6) is 0.574. The predicted octanol–water partition coefficient (Wildman–Crippen LogP) is 1.73. The van der Waals surface area contributed by atoms with Gasteiger partial charge in [-0.1, -0.05) is 5.16 Å². The smallest absolute Gasteiger partial charge is 0.253 e. The zero-order chi connectivity index (χ0) is 9.84. The van der Waals surface area contributed by atoms with E-state index in [-0.39, 0.29) is 6.54 Å². The topological polar surface area (TPSA) is 38.1 Å². The molecule has 0 fully saturated rings. The summed E-state index contributed by atoms with van der Waals surface area (Å²) in [7, 11) is 0. The van der Waals surface area contributed by atoms with E-state index in [0.29, 0.717) is 5.76 Å². The third-order valence-corrected chi connectivity index (χ3v) is 1.65.